The lowest BCUT2D eigenvalue weighted by atomic mass is 10.1. The zero-order chi connectivity index (χ0) is 14.9. The summed E-state index contributed by atoms with van der Waals surface area (Å²) in [6, 6.07) is 0. The highest BCUT2D eigenvalue weighted by Gasteiger charge is 2.32. The summed E-state index contributed by atoms with van der Waals surface area (Å²) in [5, 5.41) is 0. The van der Waals surface area contributed by atoms with Gasteiger partial charge in [-0.1, -0.05) is 38.8 Å². The maximum Gasteiger partial charge on any atom is 0.164 e. The predicted molar refractivity (Wildman–Crippen MR) is 81.9 cm³/mol. The fraction of sp³-hybridized carbons (Fsp3) is 0.882. The van der Waals surface area contributed by atoms with Crippen molar-refractivity contribution in [2.24, 2.45) is 11.8 Å². The first-order valence-electron chi connectivity index (χ1n) is 8.46. The number of allylic oxidation sites excluding steroid dienone is 1. The van der Waals surface area contributed by atoms with Crippen LogP contribution in [0, 0.1) is 11.8 Å². The Hall–Kier alpha value is -0.420. The summed E-state index contributed by atoms with van der Waals surface area (Å²) in [4.78, 5) is 0. The molecule has 4 nitrogen and oxygen atoms in total. The van der Waals surface area contributed by atoms with E-state index in [1.165, 1.54) is 12.8 Å². The normalized spacial score (nSPS) is 34.4. The highest BCUT2D eigenvalue weighted by molar-refractivity contribution is 4.89. The fourth-order valence-electron chi connectivity index (χ4n) is 2.62. The lowest BCUT2D eigenvalue weighted by Crippen LogP contribution is -2.44. The summed E-state index contributed by atoms with van der Waals surface area (Å²) in [7, 11) is 0. The Morgan fingerprint density at radius 2 is 1.62 bits per heavy atom. The van der Waals surface area contributed by atoms with Gasteiger partial charge in [0, 0.05) is 5.92 Å². The van der Waals surface area contributed by atoms with Gasteiger partial charge in [0.05, 0.1) is 32.3 Å². The van der Waals surface area contributed by atoms with E-state index >= 15 is 0 Å². The second kappa shape index (κ2) is 9.57. The fourth-order valence-corrected chi connectivity index (χ4v) is 2.62. The molecule has 0 aromatic rings. The first-order chi connectivity index (χ1) is 10.3. The standard InChI is InChI=1S/C17H30O4/c1-3-5-7-8-14-10-20-17(21-11-14)15-12-18-16(19-13-15)9-6-4-2/h7-8,14-17H,3-6,9-13H2,1-2H3/b8-7+/t14-,15?,16?,17-. The maximum absolute atomic E-state index is 5.84. The van der Waals surface area contributed by atoms with E-state index in [0.29, 0.717) is 19.1 Å². The van der Waals surface area contributed by atoms with Gasteiger partial charge in [-0.2, -0.15) is 0 Å². The van der Waals surface area contributed by atoms with Crippen LogP contribution in [0.25, 0.3) is 0 Å². The van der Waals surface area contributed by atoms with Gasteiger partial charge in [0.25, 0.3) is 0 Å². The van der Waals surface area contributed by atoms with Crippen molar-refractivity contribution in [2.45, 2.75) is 58.5 Å². The Balaban J connectivity index is 1.64. The van der Waals surface area contributed by atoms with Gasteiger partial charge >= 0.3 is 0 Å². The number of unbranched alkanes of at least 4 members (excludes halogenated alkanes) is 2. The Morgan fingerprint density at radius 1 is 0.905 bits per heavy atom. The molecule has 0 amide bonds. The first kappa shape index (κ1) is 16.9. The molecule has 0 N–H and O–H groups in total. The molecule has 122 valence electrons. The van der Waals surface area contributed by atoms with Crippen LogP contribution in [0.4, 0.5) is 0 Å². The van der Waals surface area contributed by atoms with E-state index in [1.54, 1.807) is 0 Å². The smallest absolute Gasteiger partial charge is 0.164 e. The Kier molecular flexibility index (Phi) is 7.72. The van der Waals surface area contributed by atoms with Crippen molar-refractivity contribution in [3.8, 4) is 0 Å². The summed E-state index contributed by atoms with van der Waals surface area (Å²) in [6.07, 6.45) is 9.86. The van der Waals surface area contributed by atoms with Crippen molar-refractivity contribution in [3.05, 3.63) is 12.2 Å². The van der Waals surface area contributed by atoms with Crippen molar-refractivity contribution in [3.63, 3.8) is 0 Å². The van der Waals surface area contributed by atoms with Crippen LogP contribution in [0.15, 0.2) is 12.2 Å². The van der Waals surface area contributed by atoms with Crippen LogP contribution < -0.4 is 0 Å². The van der Waals surface area contributed by atoms with Crippen LogP contribution in [-0.2, 0) is 18.9 Å². The van der Waals surface area contributed by atoms with Gasteiger partial charge in [-0.05, 0) is 19.3 Å². The van der Waals surface area contributed by atoms with Crippen LogP contribution in [0.1, 0.15) is 46.0 Å². The van der Waals surface area contributed by atoms with E-state index in [2.05, 4.69) is 26.0 Å². The van der Waals surface area contributed by atoms with Gasteiger partial charge in [-0.25, -0.2) is 0 Å². The molecule has 0 aromatic carbocycles. The molecule has 2 aliphatic rings. The highest BCUT2D eigenvalue weighted by Crippen LogP contribution is 2.24. The molecule has 2 heterocycles. The van der Waals surface area contributed by atoms with E-state index in [1.807, 2.05) is 0 Å². The van der Waals surface area contributed by atoms with Gasteiger partial charge in [0.2, 0.25) is 0 Å². The van der Waals surface area contributed by atoms with Gasteiger partial charge in [-0.3, -0.25) is 0 Å². The third kappa shape index (κ3) is 5.70. The van der Waals surface area contributed by atoms with E-state index in [9.17, 15) is 0 Å². The molecule has 0 saturated carbocycles. The average molecular weight is 298 g/mol. The number of hydrogen-bond donors (Lipinski definition) is 0. The Labute approximate surface area is 128 Å². The highest BCUT2D eigenvalue weighted by atomic mass is 16.7. The van der Waals surface area contributed by atoms with Gasteiger partial charge < -0.3 is 18.9 Å². The molecule has 0 aromatic heterocycles. The number of ether oxygens (including phenoxy) is 4. The van der Waals surface area contributed by atoms with Crippen molar-refractivity contribution in [1.29, 1.82) is 0 Å². The third-order valence-corrected chi connectivity index (χ3v) is 3.98. The largest absolute Gasteiger partial charge is 0.352 e. The second-order valence-electron chi connectivity index (χ2n) is 6.01. The van der Waals surface area contributed by atoms with E-state index in [0.717, 1.165) is 32.5 Å². The molecule has 2 aliphatic heterocycles. The monoisotopic (exact) mass is 298 g/mol. The minimum Gasteiger partial charge on any atom is -0.352 e. The summed E-state index contributed by atoms with van der Waals surface area (Å²) in [5.41, 5.74) is 0. The maximum atomic E-state index is 5.84. The SMILES string of the molecule is CCC/C=C/[C@H]1CO[C@H](C2COC(CCCC)OC2)OC1. The molecular formula is C17H30O4. The molecule has 0 radical (unpaired) electrons. The molecule has 0 unspecified atom stereocenters. The number of rotatable bonds is 7. The van der Waals surface area contributed by atoms with Crippen LogP contribution in [0.3, 0.4) is 0 Å². The third-order valence-electron chi connectivity index (χ3n) is 3.98. The predicted octanol–water partition coefficient (Wildman–Crippen LogP) is 3.51. The minimum atomic E-state index is -0.173. The van der Waals surface area contributed by atoms with Crippen LogP contribution >= 0.6 is 0 Å². The van der Waals surface area contributed by atoms with Crippen LogP contribution in [0.2, 0.25) is 0 Å². The molecule has 2 saturated heterocycles. The van der Waals surface area contributed by atoms with Gasteiger partial charge in [0.15, 0.2) is 12.6 Å². The molecule has 21 heavy (non-hydrogen) atoms. The molecule has 2 rings (SSSR count). The minimum absolute atomic E-state index is 0.0329. The zero-order valence-electron chi connectivity index (χ0n) is 13.5. The first-order valence-corrected chi connectivity index (χ1v) is 8.46. The molecular weight excluding hydrogens is 268 g/mol. The Bertz CT molecular complexity index is 289. The molecule has 0 spiro atoms. The quantitative estimate of drug-likeness (QED) is 0.674. The topological polar surface area (TPSA) is 36.9 Å². The van der Waals surface area contributed by atoms with Gasteiger partial charge in [0.1, 0.15) is 0 Å². The molecule has 0 aliphatic carbocycles. The summed E-state index contributed by atoms with van der Waals surface area (Å²) < 4.78 is 23.2. The zero-order valence-corrected chi connectivity index (χ0v) is 13.5. The van der Waals surface area contributed by atoms with Crippen molar-refractivity contribution in [1.82, 2.24) is 0 Å². The second-order valence-corrected chi connectivity index (χ2v) is 6.01. The lowest BCUT2D eigenvalue weighted by Gasteiger charge is -2.37. The van der Waals surface area contributed by atoms with E-state index in [-0.39, 0.29) is 18.5 Å². The summed E-state index contributed by atoms with van der Waals surface area (Å²) in [6.45, 7) is 7.19. The van der Waals surface area contributed by atoms with Gasteiger partial charge in [-0.15, -0.1) is 0 Å². The van der Waals surface area contributed by atoms with Crippen molar-refractivity contribution in [2.75, 3.05) is 26.4 Å². The van der Waals surface area contributed by atoms with Crippen LogP contribution in [0.5, 0.6) is 0 Å². The van der Waals surface area contributed by atoms with Crippen molar-refractivity contribution < 1.29 is 18.9 Å². The van der Waals surface area contributed by atoms with E-state index in [4.69, 9.17) is 18.9 Å². The molecule has 0 atom stereocenters. The van der Waals surface area contributed by atoms with Crippen LogP contribution in [-0.4, -0.2) is 39.0 Å². The molecule has 2 fully saturated rings. The lowest BCUT2D eigenvalue weighted by molar-refractivity contribution is -0.278. The molecule has 0 bridgehead atoms. The Morgan fingerprint density at radius 3 is 2.24 bits per heavy atom. The van der Waals surface area contributed by atoms with E-state index < -0.39 is 0 Å². The van der Waals surface area contributed by atoms with Crippen molar-refractivity contribution >= 4 is 0 Å². The summed E-state index contributed by atoms with van der Waals surface area (Å²) in [5.74, 6) is 0.582. The summed E-state index contributed by atoms with van der Waals surface area (Å²) >= 11 is 0. The average Bonchev–Trinajstić information content (AvgIpc) is 2.54. The molecule has 4 heteroatoms. The number of hydrogen-bond acceptors (Lipinski definition) is 4.